The molecule has 0 radical (unpaired) electrons. The van der Waals surface area contributed by atoms with Crippen molar-refractivity contribution in [3.8, 4) is 5.75 Å². The highest BCUT2D eigenvalue weighted by Crippen LogP contribution is 2.18. The van der Waals surface area contributed by atoms with Crippen molar-refractivity contribution in [2.75, 3.05) is 0 Å². The van der Waals surface area contributed by atoms with Gasteiger partial charge < -0.3 is 9.15 Å². The molecule has 0 aliphatic rings. The molecule has 0 aliphatic carbocycles. The summed E-state index contributed by atoms with van der Waals surface area (Å²) in [4.78, 5) is 23.6. The van der Waals surface area contributed by atoms with Gasteiger partial charge in [-0.3, -0.25) is 9.36 Å². The third kappa shape index (κ3) is 3.04. The molecule has 0 N–H and O–H groups in total. The minimum Gasteiger partial charge on any atom is -0.426 e. The lowest BCUT2D eigenvalue weighted by molar-refractivity contribution is -0.134. The third-order valence-electron chi connectivity index (χ3n) is 3.14. The van der Waals surface area contributed by atoms with Crippen molar-refractivity contribution >= 4 is 28.7 Å². The summed E-state index contributed by atoms with van der Waals surface area (Å²) < 4.78 is 11.7. The second-order valence-electron chi connectivity index (χ2n) is 4.67. The van der Waals surface area contributed by atoms with Crippen LogP contribution < -0.4 is 10.5 Å². The number of oxazole rings is 1. The molecular weight excluding hydrogens is 306 g/mol. The Morgan fingerprint density at radius 2 is 1.95 bits per heavy atom. The fourth-order valence-electron chi connectivity index (χ4n) is 2.13. The first kappa shape index (κ1) is 14.4. The normalized spacial score (nSPS) is 10.8. The Balaban J connectivity index is 1.73. The SMILES string of the molecule is O=C(CCn1c(=O)oc2cc(Cl)ccc21)Oc1ccccc1. The van der Waals surface area contributed by atoms with Crippen molar-refractivity contribution in [1.82, 2.24) is 4.57 Å². The predicted molar refractivity (Wildman–Crippen MR) is 82.2 cm³/mol. The second kappa shape index (κ2) is 6.07. The van der Waals surface area contributed by atoms with E-state index in [1.807, 2.05) is 6.07 Å². The monoisotopic (exact) mass is 317 g/mol. The molecule has 0 saturated carbocycles. The molecule has 0 spiro atoms. The Labute approximate surface area is 130 Å². The molecule has 1 aromatic heterocycles. The largest absolute Gasteiger partial charge is 0.426 e. The zero-order valence-corrected chi connectivity index (χ0v) is 12.2. The van der Waals surface area contributed by atoms with Crippen LogP contribution in [0.25, 0.3) is 11.1 Å². The van der Waals surface area contributed by atoms with Crippen LogP contribution in [-0.2, 0) is 11.3 Å². The molecule has 3 aromatic rings. The third-order valence-corrected chi connectivity index (χ3v) is 3.38. The van der Waals surface area contributed by atoms with E-state index >= 15 is 0 Å². The number of para-hydroxylation sites is 1. The van der Waals surface area contributed by atoms with Gasteiger partial charge >= 0.3 is 11.7 Å². The lowest BCUT2D eigenvalue weighted by Gasteiger charge is -2.04. The lowest BCUT2D eigenvalue weighted by atomic mass is 10.3. The Kier molecular flexibility index (Phi) is 3.98. The molecule has 3 rings (SSSR count). The molecule has 22 heavy (non-hydrogen) atoms. The van der Waals surface area contributed by atoms with Gasteiger partial charge in [0.1, 0.15) is 5.75 Å². The molecule has 0 atom stereocenters. The van der Waals surface area contributed by atoms with E-state index in [0.29, 0.717) is 21.9 Å². The molecule has 1 heterocycles. The summed E-state index contributed by atoms with van der Waals surface area (Å²) in [5.41, 5.74) is 0.996. The second-order valence-corrected chi connectivity index (χ2v) is 5.11. The zero-order chi connectivity index (χ0) is 15.5. The molecule has 112 valence electrons. The van der Waals surface area contributed by atoms with Crippen molar-refractivity contribution in [1.29, 1.82) is 0 Å². The number of rotatable bonds is 4. The maximum Gasteiger partial charge on any atom is 0.419 e. The fraction of sp³-hybridized carbons (Fsp3) is 0.125. The van der Waals surface area contributed by atoms with Gasteiger partial charge in [-0.05, 0) is 24.3 Å². The molecule has 0 saturated heterocycles. The van der Waals surface area contributed by atoms with Crippen LogP contribution >= 0.6 is 11.6 Å². The standard InChI is InChI=1S/C16H12ClNO4/c17-11-6-7-13-14(10-11)22-16(20)18(13)9-8-15(19)21-12-4-2-1-3-5-12/h1-7,10H,8-9H2. The molecular formula is C16H12ClNO4. The smallest absolute Gasteiger partial charge is 0.419 e. The predicted octanol–water partition coefficient (Wildman–Crippen LogP) is 3.24. The molecule has 0 bridgehead atoms. The molecule has 0 fully saturated rings. The summed E-state index contributed by atoms with van der Waals surface area (Å²) in [5, 5.41) is 0.483. The number of benzene rings is 2. The van der Waals surface area contributed by atoms with Gasteiger partial charge in [0.2, 0.25) is 0 Å². The summed E-state index contributed by atoms with van der Waals surface area (Å²) in [6.07, 6.45) is 0.0616. The maximum atomic E-state index is 11.8. The number of aromatic nitrogens is 1. The van der Waals surface area contributed by atoms with Gasteiger partial charge in [0.25, 0.3) is 0 Å². The minimum absolute atomic E-state index is 0.0616. The first-order valence-electron chi connectivity index (χ1n) is 6.68. The summed E-state index contributed by atoms with van der Waals surface area (Å²) in [6.45, 7) is 0.180. The average Bonchev–Trinajstić information content (AvgIpc) is 2.80. The number of halogens is 1. The maximum absolute atomic E-state index is 11.8. The van der Waals surface area contributed by atoms with Crippen LogP contribution in [0.15, 0.2) is 57.7 Å². The lowest BCUT2D eigenvalue weighted by Crippen LogP contribution is -2.18. The number of aryl methyl sites for hydroxylation is 1. The zero-order valence-electron chi connectivity index (χ0n) is 11.5. The van der Waals surface area contributed by atoms with Crippen molar-refractivity contribution in [2.24, 2.45) is 0 Å². The van der Waals surface area contributed by atoms with E-state index in [1.165, 1.54) is 4.57 Å². The quantitative estimate of drug-likeness (QED) is 0.547. The van der Waals surface area contributed by atoms with Crippen LogP contribution in [0.4, 0.5) is 0 Å². The van der Waals surface area contributed by atoms with Gasteiger partial charge in [-0.1, -0.05) is 29.8 Å². The van der Waals surface area contributed by atoms with Crippen molar-refractivity contribution in [2.45, 2.75) is 13.0 Å². The van der Waals surface area contributed by atoms with Crippen LogP contribution in [0.5, 0.6) is 5.75 Å². The van der Waals surface area contributed by atoms with Crippen molar-refractivity contribution < 1.29 is 13.9 Å². The van der Waals surface area contributed by atoms with Crippen LogP contribution in [-0.4, -0.2) is 10.5 Å². The topological polar surface area (TPSA) is 61.4 Å². The Morgan fingerprint density at radius 3 is 2.73 bits per heavy atom. The van der Waals surface area contributed by atoms with E-state index in [4.69, 9.17) is 20.8 Å². The molecule has 0 unspecified atom stereocenters. The molecule has 6 heteroatoms. The van der Waals surface area contributed by atoms with Crippen molar-refractivity contribution in [3.05, 3.63) is 64.1 Å². The average molecular weight is 318 g/mol. The first-order chi connectivity index (χ1) is 10.6. The number of esters is 1. The van der Waals surface area contributed by atoms with Gasteiger partial charge in [0, 0.05) is 17.6 Å². The fourth-order valence-corrected chi connectivity index (χ4v) is 2.29. The van der Waals surface area contributed by atoms with Crippen LogP contribution in [0.2, 0.25) is 5.02 Å². The van der Waals surface area contributed by atoms with E-state index in [2.05, 4.69) is 0 Å². The molecule has 0 amide bonds. The van der Waals surface area contributed by atoms with Crippen LogP contribution in [0.1, 0.15) is 6.42 Å². The van der Waals surface area contributed by atoms with E-state index in [0.717, 1.165) is 0 Å². The first-order valence-corrected chi connectivity index (χ1v) is 7.06. The van der Waals surface area contributed by atoms with Gasteiger partial charge in [0.05, 0.1) is 11.9 Å². The molecule has 5 nitrogen and oxygen atoms in total. The molecule has 0 aliphatic heterocycles. The van der Waals surface area contributed by atoms with E-state index in [1.54, 1.807) is 42.5 Å². The number of carbonyl (C=O) groups excluding carboxylic acids is 1. The van der Waals surface area contributed by atoms with Gasteiger partial charge in [0.15, 0.2) is 5.58 Å². The Bertz CT molecular complexity index is 867. The highest BCUT2D eigenvalue weighted by molar-refractivity contribution is 6.31. The van der Waals surface area contributed by atoms with E-state index in [9.17, 15) is 9.59 Å². The minimum atomic E-state index is -0.523. The summed E-state index contributed by atoms with van der Waals surface area (Å²) in [5.74, 6) is -0.463. The van der Waals surface area contributed by atoms with Crippen LogP contribution in [0.3, 0.4) is 0 Å². The van der Waals surface area contributed by atoms with E-state index in [-0.39, 0.29) is 13.0 Å². The Morgan fingerprint density at radius 1 is 1.18 bits per heavy atom. The number of carbonyl (C=O) groups is 1. The number of hydrogen-bond donors (Lipinski definition) is 0. The van der Waals surface area contributed by atoms with Gasteiger partial charge in [-0.25, -0.2) is 4.79 Å². The van der Waals surface area contributed by atoms with E-state index < -0.39 is 11.7 Å². The highest BCUT2D eigenvalue weighted by Gasteiger charge is 2.12. The van der Waals surface area contributed by atoms with Gasteiger partial charge in [-0.2, -0.15) is 0 Å². The van der Waals surface area contributed by atoms with Crippen molar-refractivity contribution in [3.63, 3.8) is 0 Å². The Hall–Kier alpha value is -2.53. The summed E-state index contributed by atoms with van der Waals surface area (Å²) in [6, 6.07) is 13.7. The number of ether oxygens (including phenoxy) is 1. The van der Waals surface area contributed by atoms with Gasteiger partial charge in [-0.15, -0.1) is 0 Å². The molecule has 2 aromatic carbocycles. The summed E-state index contributed by atoms with van der Waals surface area (Å²) >= 11 is 5.85. The number of hydrogen-bond acceptors (Lipinski definition) is 4. The highest BCUT2D eigenvalue weighted by atomic mass is 35.5. The summed E-state index contributed by atoms with van der Waals surface area (Å²) in [7, 11) is 0. The number of fused-ring (bicyclic) bond motifs is 1. The number of nitrogens with zero attached hydrogens (tertiary/aromatic N) is 1. The van der Waals surface area contributed by atoms with Crippen LogP contribution in [0, 0.1) is 0 Å².